The summed E-state index contributed by atoms with van der Waals surface area (Å²) < 4.78 is 21.9. The van der Waals surface area contributed by atoms with Crippen LogP contribution in [0, 0.1) is 0 Å². The van der Waals surface area contributed by atoms with Crippen molar-refractivity contribution in [2.75, 3.05) is 18.1 Å². The number of nitrogens with two attached hydrogens (primary N) is 1. The Labute approximate surface area is 75.5 Å². The Bertz CT molecular complexity index is 298. The molecule has 1 rings (SSSR count). The Hall–Kier alpha value is -0.660. The molecule has 1 heterocycles. The maximum atomic E-state index is 11.0. The molecule has 3 N–H and O–H groups in total. The van der Waals surface area contributed by atoms with E-state index >= 15 is 0 Å². The first-order valence-electron chi connectivity index (χ1n) is 3.82. The molecule has 6 nitrogen and oxygen atoms in total. The van der Waals surface area contributed by atoms with Crippen molar-refractivity contribution in [1.29, 1.82) is 0 Å². The van der Waals surface area contributed by atoms with Gasteiger partial charge in [0.1, 0.15) is 24.4 Å². The van der Waals surface area contributed by atoms with E-state index in [1.165, 1.54) is 5.32 Å². The fraction of sp³-hybridized carbons (Fsp3) is 0.833. The summed E-state index contributed by atoms with van der Waals surface area (Å²) in [4.78, 5) is 10.1. The SMILES string of the molecule is O=C([O-])C[NH2+][C@H]1CS(=O)(=O)C[C@H]1O. The summed E-state index contributed by atoms with van der Waals surface area (Å²) in [6.07, 6.45) is -0.968. The topological polar surface area (TPSA) is 111 Å². The van der Waals surface area contributed by atoms with Gasteiger partial charge in [-0.3, -0.25) is 0 Å². The number of carboxylic acids is 1. The third kappa shape index (κ3) is 2.94. The van der Waals surface area contributed by atoms with Crippen molar-refractivity contribution >= 4 is 15.8 Å². The van der Waals surface area contributed by atoms with Gasteiger partial charge in [-0.1, -0.05) is 0 Å². The Balaban J connectivity index is 2.49. The minimum absolute atomic E-state index is 0.165. The lowest BCUT2D eigenvalue weighted by molar-refractivity contribution is -0.685. The average molecular weight is 209 g/mol. The third-order valence-electron chi connectivity index (χ3n) is 1.95. The number of hydrogen-bond donors (Lipinski definition) is 2. The summed E-state index contributed by atoms with van der Waals surface area (Å²) in [5.41, 5.74) is 0. The van der Waals surface area contributed by atoms with Crippen molar-refractivity contribution < 1.29 is 28.7 Å². The van der Waals surface area contributed by atoms with Crippen molar-refractivity contribution in [1.82, 2.24) is 0 Å². The molecule has 0 unspecified atom stereocenters. The number of carbonyl (C=O) groups is 1. The molecule has 1 aliphatic heterocycles. The largest absolute Gasteiger partial charge is 0.544 e. The second-order valence-electron chi connectivity index (χ2n) is 3.12. The molecule has 0 aromatic carbocycles. The van der Waals surface area contributed by atoms with E-state index in [0.717, 1.165) is 0 Å². The number of carbonyl (C=O) groups excluding carboxylic acids is 1. The van der Waals surface area contributed by atoms with Gasteiger partial charge in [-0.15, -0.1) is 0 Å². The van der Waals surface area contributed by atoms with E-state index in [4.69, 9.17) is 0 Å². The van der Waals surface area contributed by atoms with Crippen LogP contribution in [-0.4, -0.2) is 49.7 Å². The molecule has 0 aromatic rings. The predicted octanol–water partition coefficient (Wildman–Crippen LogP) is -4.54. The number of rotatable bonds is 3. The Morgan fingerprint density at radius 3 is 2.54 bits per heavy atom. The summed E-state index contributed by atoms with van der Waals surface area (Å²) in [5, 5.41) is 20.5. The summed E-state index contributed by atoms with van der Waals surface area (Å²) in [6.45, 7) is -0.322. The molecule has 1 aliphatic rings. The number of aliphatic hydroxyl groups excluding tert-OH is 1. The van der Waals surface area contributed by atoms with Gasteiger partial charge >= 0.3 is 0 Å². The highest BCUT2D eigenvalue weighted by atomic mass is 32.2. The van der Waals surface area contributed by atoms with Crippen LogP contribution in [0.15, 0.2) is 0 Å². The first kappa shape index (κ1) is 10.4. The van der Waals surface area contributed by atoms with Crippen LogP contribution in [0.2, 0.25) is 0 Å². The van der Waals surface area contributed by atoms with E-state index in [0.29, 0.717) is 0 Å². The molecule has 1 saturated heterocycles. The summed E-state index contributed by atoms with van der Waals surface area (Å²) in [6, 6.07) is -0.567. The molecule has 7 heteroatoms. The molecular weight excluding hydrogens is 198 g/mol. The minimum atomic E-state index is -3.19. The van der Waals surface area contributed by atoms with Crippen LogP contribution >= 0.6 is 0 Å². The Kier molecular flexibility index (Phi) is 2.89. The van der Waals surface area contributed by atoms with Crippen LogP contribution in [0.5, 0.6) is 0 Å². The van der Waals surface area contributed by atoms with E-state index in [1.807, 2.05) is 0 Å². The Morgan fingerprint density at radius 2 is 2.15 bits per heavy atom. The summed E-state index contributed by atoms with van der Waals surface area (Å²) in [7, 11) is -3.19. The van der Waals surface area contributed by atoms with Gasteiger partial charge in [0.2, 0.25) is 0 Å². The summed E-state index contributed by atoms with van der Waals surface area (Å²) >= 11 is 0. The highest BCUT2D eigenvalue weighted by molar-refractivity contribution is 7.91. The first-order valence-corrected chi connectivity index (χ1v) is 5.64. The molecule has 76 valence electrons. The quantitative estimate of drug-likeness (QED) is 0.486. The lowest BCUT2D eigenvalue weighted by atomic mass is 10.2. The molecule has 0 amide bonds. The number of sulfone groups is 1. The predicted molar refractivity (Wildman–Crippen MR) is 40.2 cm³/mol. The van der Waals surface area contributed by atoms with Gasteiger partial charge in [0, 0.05) is 0 Å². The van der Waals surface area contributed by atoms with E-state index in [9.17, 15) is 23.4 Å². The van der Waals surface area contributed by atoms with Crippen LogP contribution in [0.25, 0.3) is 0 Å². The van der Waals surface area contributed by atoms with Crippen LogP contribution in [0.3, 0.4) is 0 Å². The van der Waals surface area contributed by atoms with Crippen LogP contribution < -0.4 is 10.4 Å². The standard InChI is InChI=1S/C6H11NO5S/c8-5-3-13(11,12)2-4(5)7-1-6(9)10/h4-5,7-8H,1-3H2,(H,9,10)/t4-,5+/m0/s1. The second kappa shape index (κ2) is 3.60. The first-order chi connectivity index (χ1) is 5.91. The average Bonchev–Trinajstić information content (AvgIpc) is 2.20. The van der Waals surface area contributed by atoms with Gasteiger partial charge in [0.25, 0.3) is 0 Å². The van der Waals surface area contributed by atoms with Gasteiger partial charge in [-0.05, 0) is 0 Å². The fourth-order valence-electron chi connectivity index (χ4n) is 1.33. The smallest absolute Gasteiger partial charge is 0.159 e. The Morgan fingerprint density at radius 1 is 1.54 bits per heavy atom. The van der Waals surface area contributed by atoms with Gasteiger partial charge in [-0.2, -0.15) is 0 Å². The van der Waals surface area contributed by atoms with Crippen LogP contribution in [-0.2, 0) is 14.6 Å². The van der Waals surface area contributed by atoms with Crippen molar-refractivity contribution in [2.45, 2.75) is 12.1 Å². The van der Waals surface area contributed by atoms with Crippen LogP contribution in [0.4, 0.5) is 0 Å². The van der Waals surface area contributed by atoms with E-state index in [2.05, 4.69) is 0 Å². The molecule has 0 radical (unpaired) electrons. The maximum Gasteiger partial charge on any atom is 0.159 e. The zero-order valence-corrected chi connectivity index (χ0v) is 7.66. The van der Waals surface area contributed by atoms with E-state index < -0.39 is 28.0 Å². The molecule has 0 aliphatic carbocycles. The fourth-order valence-corrected chi connectivity index (χ4v) is 3.18. The number of aliphatic carboxylic acids is 1. The normalized spacial score (nSPS) is 31.8. The third-order valence-corrected chi connectivity index (χ3v) is 3.69. The van der Waals surface area contributed by atoms with Gasteiger partial charge in [-0.25, -0.2) is 8.42 Å². The van der Waals surface area contributed by atoms with Crippen molar-refractivity contribution in [2.24, 2.45) is 0 Å². The van der Waals surface area contributed by atoms with Crippen molar-refractivity contribution in [3.8, 4) is 0 Å². The minimum Gasteiger partial charge on any atom is -0.544 e. The second-order valence-corrected chi connectivity index (χ2v) is 5.27. The monoisotopic (exact) mass is 209 g/mol. The summed E-state index contributed by atoms with van der Waals surface area (Å²) in [5.74, 6) is -1.71. The molecule has 0 saturated carbocycles. The molecule has 0 aromatic heterocycles. The van der Waals surface area contributed by atoms with Crippen molar-refractivity contribution in [3.63, 3.8) is 0 Å². The zero-order valence-electron chi connectivity index (χ0n) is 6.84. The van der Waals surface area contributed by atoms with Gasteiger partial charge in [0.05, 0.1) is 11.7 Å². The molecule has 0 spiro atoms. The van der Waals surface area contributed by atoms with Gasteiger partial charge in [0.15, 0.2) is 9.84 Å². The lowest BCUT2D eigenvalue weighted by Crippen LogP contribution is -2.94. The molecule has 2 atom stereocenters. The molecule has 1 fully saturated rings. The maximum absolute atomic E-state index is 11.0. The zero-order chi connectivity index (χ0) is 10.1. The molecular formula is C6H11NO5S. The molecule has 0 bridgehead atoms. The number of carboxylic acid groups (broad SMARTS) is 1. The van der Waals surface area contributed by atoms with E-state index in [1.54, 1.807) is 0 Å². The highest BCUT2D eigenvalue weighted by Gasteiger charge is 2.38. The molecule has 13 heavy (non-hydrogen) atoms. The number of aliphatic hydroxyl groups is 1. The lowest BCUT2D eigenvalue weighted by Gasteiger charge is -2.11. The van der Waals surface area contributed by atoms with Gasteiger partial charge < -0.3 is 20.3 Å². The highest BCUT2D eigenvalue weighted by Crippen LogP contribution is 2.08. The van der Waals surface area contributed by atoms with Crippen molar-refractivity contribution in [3.05, 3.63) is 0 Å². The van der Waals surface area contributed by atoms with Crippen LogP contribution in [0.1, 0.15) is 0 Å². The number of quaternary nitrogens is 1. The van der Waals surface area contributed by atoms with E-state index in [-0.39, 0.29) is 18.1 Å². The number of hydrogen-bond acceptors (Lipinski definition) is 5.